The van der Waals surface area contributed by atoms with Crippen molar-refractivity contribution in [2.75, 3.05) is 0 Å². The van der Waals surface area contributed by atoms with E-state index in [2.05, 4.69) is 18.8 Å². The Kier molecular flexibility index (Phi) is 11.7. The first-order valence-corrected chi connectivity index (χ1v) is 15.3. The maximum absolute atomic E-state index is 11.2. The number of aliphatic imine (C=N–C) groups is 1. The molecular formula is C18H26Cl2N2O3Zr. The van der Waals surface area contributed by atoms with Crippen LogP contribution in [0.4, 0.5) is 5.69 Å². The van der Waals surface area contributed by atoms with Gasteiger partial charge in [-0.25, -0.2) is 0 Å². The third kappa shape index (κ3) is 7.28. The molecular weight excluding hydrogens is 454 g/mol. The van der Waals surface area contributed by atoms with Gasteiger partial charge in [0.05, 0.1) is 4.92 Å². The van der Waals surface area contributed by atoms with Crippen LogP contribution in [0, 0.1) is 10.1 Å². The van der Waals surface area contributed by atoms with Gasteiger partial charge in [0.15, 0.2) is 0 Å². The summed E-state index contributed by atoms with van der Waals surface area (Å²) in [4.78, 5) is 15.3. The van der Waals surface area contributed by atoms with Crippen molar-refractivity contribution < 1.29 is 30.9 Å². The van der Waals surface area contributed by atoms with Gasteiger partial charge in [-0.1, -0.05) is 33.1 Å². The normalized spacial score (nSPS) is 15.0. The number of nitro benzene ring substituents is 1. The number of non-ortho nitro benzene ring substituents is 1. The van der Waals surface area contributed by atoms with Gasteiger partial charge < -0.3 is 5.11 Å². The first kappa shape index (κ1) is 23.6. The second kappa shape index (κ2) is 12.9. The Hall–Kier alpha value is -0.447. The molecule has 0 aliphatic heterocycles. The van der Waals surface area contributed by atoms with Crippen LogP contribution in [-0.4, -0.2) is 22.3 Å². The van der Waals surface area contributed by atoms with Crippen molar-refractivity contribution in [1.29, 1.82) is 0 Å². The predicted molar refractivity (Wildman–Crippen MR) is 104 cm³/mol. The molecule has 0 unspecified atom stereocenters. The molecule has 144 valence electrons. The topological polar surface area (TPSA) is 75.7 Å². The minimum atomic E-state index is -0.826. The maximum atomic E-state index is 11.2. The van der Waals surface area contributed by atoms with Crippen LogP contribution in [-0.2, 0) is 20.8 Å². The van der Waals surface area contributed by atoms with E-state index in [0.29, 0.717) is 11.1 Å². The molecule has 0 bridgehead atoms. The number of rotatable bonds is 6. The number of phenols is 1. The molecule has 0 radical (unpaired) electrons. The van der Waals surface area contributed by atoms with Gasteiger partial charge in [-0.05, 0) is 31.6 Å². The Morgan fingerprint density at radius 2 is 1.88 bits per heavy atom. The van der Waals surface area contributed by atoms with E-state index in [0.717, 1.165) is 38.5 Å². The van der Waals surface area contributed by atoms with Gasteiger partial charge in [0.2, 0.25) is 0 Å². The van der Waals surface area contributed by atoms with Crippen LogP contribution >= 0.6 is 17.0 Å². The van der Waals surface area contributed by atoms with Crippen LogP contribution in [0.3, 0.4) is 0 Å². The van der Waals surface area contributed by atoms with Gasteiger partial charge in [-0.2, -0.15) is 0 Å². The van der Waals surface area contributed by atoms with Crippen molar-refractivity contribution in [3.8, 4) is 5.75 Å². The van der Waals surface area contributed by atoms with Crippen molar-refractivity contribution in [3.05, 3.63) is 33.4 Å². The molecule has 0 saturated heterocycles. The van der Waals surface area contributed by atoms with Crippen LogP contribution in [0.5, 0.6) is 5.75 Å². The van der Waals surface area contributed by atoms with E-state index in [-0.39, 0.29) is 28.3 Å². The van der Waals surface area contributed by atoms with E-state index in [9.17, 15) is 15.2 Å². The Balaban J connectivity index is 0.00000105. The molecule has 1 aliphatic rings. The molecule has 0 amide bonds. The van der Waals surface area contributed by atoms with Gasteiger partial charge in [0.25, 0.3) is 5.69 Å². The monoisotopic (exact) mass is 478 g/mol. The van der Waals surface area contributed by atoms with Gasteiger partial charge >= 0.3 is 37.9 Å². The summed E-state index contributed by atoms with van der Waals surface area (Å²) in [5, 5.41) is 21.8. The molecule has 26 heavy (non-hydrogen) atoms. The number of hydrogen-bond donors (Lipinski definition) is 1. The molecule has 0 spiro atoms. The number of nitrogens with zero attached hydrogens (tertiary/aromatic N) is 2. The summed E-state index contributed by atoms with van der Waals surface area (Å²) >= 11 is -0.826. The average Bonchev–Trinajstić information content (AvgIpc) is 2.65. The molecule has 1 aromatic carbocycles. The van der Waals surface area contributed by atoms with Gasteiger partial charge in [0.1, 0.15) is 5.75 Å². The van der Waals surface area contributed by atoms with Crippen molar-refractivity contribution in [2.24, 2.45) is 4.99 Å². The number of benzene rings is 1. The zero-order chi connectivity index (χ0) is 19.5. The summed E-state index contributed by atoms with van der Waals surface area (Å²) in [6, 6.07) is 3.15. The Labute approximate surface area is 174 Å². The standard InChI is InChI=1S/C18H26N2O3.2ClH.Zr/c1-3-15(4-2)19-12-14-10-16(20(22)23)11-17(18(14)21)13-8-6-5-7-9-13;;;/h10-13,15,21H,3-9H2,1-2H3;2*1H;/q;;;+2/p-2. The Morgan fingerprint density at radius 1 is 1.31 bits per heavy atom. The fraction of sp³-hybridized carbons (Fsp3) is 0.611. The minimum absolute atomic E-state index is 0.0365. The summed E-state index contributed by atoms with van der Waals surface area (Å²) < 4.78 is 0. The Morgan fingerprint density at radius 3 is 2.38 bits per heavy atom. The number of hydrogen-bond acceptors (Lipinski definition) is 4. The zero-order valence-corrected chi connectivity index (χ0v) is 19.2. The SMILES string of the molecule is CCC(CC)N=Cc1cc([N+](=O)[O-])cc(C2CCCCC2)c1O.[Cl][Zr][Cl]. The summed E-state index contributed by atoms with van der Waals surface area (Å²) in [7, 11) is 9.87. The van der Waals surface area contributed by atoms with E-state index in [4.69, 9.17) is 17.0 Å². The molecule has 5 nitrogen and oxygen atoms in total. The summed E-state index contributed by atoms with van der Waals surface area (Å²) in [6.45, 7) is 4.12. The first-order chi connectivity index (χ1) is 12.5. The molecule has 1 N–H and O–H groups in total. The van der Waals surface area contributed by atoms with Gasteiger partial charge in [-0.15, -0.1) is 0 Å². The fourth-order valence-electron chi connectivity index (χ4n) is 3.28. The van der Waals surface area contributed by atoms with E-state index in [1.807, 2.05) is 0 Å². The molecule has 0 heterocycles. The molecule has 1 saturated carbocycles. The zero-order valence-electron chi connectivity index (χ0n) is 15.3. The average molecular weight is 481 g/mol. The number of halogens is 2. The quantitative estimate of drug-likeness (QED) is 0.294. The van der Waals surface area contributed by atoms with E-state index in [1.54, 1.807) is 12.3 Å². The fourth-order valence-corrected chi connectivity index (χ4v) is 3.28. The third-order valence-electron chi connectivity index (χ3n) is 4.78. The molecule has 0 atom stereocenters. The van der Waals surface area contributed by atoms with E-state index < -0.39 is 20.8 Å². The number of nitro groups is 1. The van der Waals surface area contributed by atoms with Gasteiger partial charge in [-0.3, -0.25) is 15.1 Å². The van der Waals surface area contributed by atoms with Crippen LogP contribution in [0.1, 0.15) is 75.8 Å². The molecule has 1 fully saturated rings. The van der Waals surface area contributed by atoms with Crippen LogP contribution in [0.25, 0.3) is 0 Å². The van der Waals surface area contributed by atoms with Crippen molar-refractivity contribution in [2.45, 2.75) is 70.8 Å². The number of aromatic hydroxyl groups is 1. The summed E-state index contributed by atoms with van der Waals surface area (Å²) in [5.74, 6) is 0.376. The molecule has 1 aliphatic carbocycles. The number of phenolic OH excluding ortho intramolecular Hbond substituents is 1. The Bertz CT molecular complexity index is 604. The van der Waals surface area contributed by atoms with Crippen LogP contribution in [0.2, 0.25) is 0 Å². The van der Waals surface area contributed by atoms with E-state index >= 15 is 0 Å². The van der Waals surface area contributed by atoms with Crippen molar-refractivity contribution >= 4 is 28.9 Å². The first-order valence-electron chi connectivity index (χ1n) is 8.99. The van der Waals surface area contributed by atoms with Crippen LogP contribution in [0.15, 0.2) is 17.1 Å². The van der Waals surface area contributed by atoms with E-state index in [1.165, 1.54) is 12.5 Å². The van der Waals surface area contributed by atoms with Crippen molar-refractivity contribution in [3.63, 3.8) is 0 Å². The van der Waals surface area contributed by atoms with Crippen molar-refractivity contribution in [1.82, 2.24) is 0 Å². The van der Waals surface area contributed by atoms with Gasteiger partial charge in [0, 0.05) is 35.5 Å². The summed E-state index contributed by atoms with van der Waals surface area (Å²) in [6.07, 6.45) is 8.83. The van der Waals surface area contributed by atoms with Crippen LogP contribution < -0.4 is 0 Å². The molecule has 0 aromatic heterocycles. The molecule has 8 heteroatoms. The second-order valence-corrected chi connectivity index (χ2v) is 10.1. The molecule has 1 aromatic rings. The third-order valence-corrected chi connectivity index (χ3v) is 4.78. The molecule has 2 rings (SSSR count). The summed E-state index contributed by atoms with van der Waals surface area (Å²) in [5.41, 5.74) is 1.21. The second-order valence-electron chi connectivity index (χ2n) is 6.38. The predicted octanol–water partition coefficient (Wildman–Crippen LogP) is 6.33.